The van der Waals surface area contributed by atoms with E-state index in [9.17, 15) is 0 Å². The molecule has 0 radical (unpaired) electrons. The van der Waals surface area contributed by atoms with Crippen LogP contribution < -0.4 is 5.32 Å². The van der Waals surface area contributed by atoms with Crippen LogP contribution in [0.15, 0.2) is 5.16 Å². The number of thioether (sulfide) groups is 1. The van der Waals surface area contributed by atoms with Crippen LogP contribution in [-0.2, 0) is 7.05 Å². The smallest absolute Gasteiger partial charge is 0.191 e. The summed E-state index contributed by atoms with van der Waals surface area (Å²) in [6, 6.07) is 0.562. The zero-order chi connectivity index (χ0) is 12.8. The molecule has 1 heterocycles. The van der Waals surface area contributed by atoms with Crippen molar-refractivity contribution in [3.05, 3.63) is 5.82 Å². The van der Waals surface area contributed by atoms with Crippen LogP contribution in [0, 0.1) is 6.92 Å². The van der Waals surface area contributed by atoms with Crippen LogP contribution in [0.1, 0.15) is 39.4 Å². The Morgan fingerprint density at radius 2 is 2.06 bits per heavy atom. The largest absolute Gasteiger partial charge is 0.314 e. The van der Waals surface area contributed by atoms with E-state index in [2.05, 4.69) is 36.3 Å². The lowest BCUT2D eigenvalue weighted by Crippen LogP contribution is -2.29. The van der Waals surface area contributed by atoms with Gasteiger partial charge in [0.15, 0.2) is 5.16 Å². The van der Waals surface area contributed by atoms with Gasteiger partial charge in [-0.1, -0.05) is 25.6 Å². The molecule has 17 heavy (non-hydrogen) atoms. The molecule has 1 aromatic heterocycles. The average Bonchev–Trinajstić information content (AvgIpc) is 2.58. The molecule has 0 saturated carbocycles. The molecule has 2 unspecified atom stereocenters. The van der Waals surface area contributed by atoms with Crippen molar-refractivity contribution in [3.63, 3.8) is 0 Å². The number of rotatable bonds is 7. The normalized spacial score (nSPS) is 14.9. The summed E-state index contributed by atoms with van der Waals surface area (Å²) in [5.41, 5.74) is 0. The fraction of sp³-hybridized carbons (Fsp3) is 0.833. The van der Waals surface area contributed by atoms with Crippen molar-refractivity contribution in [1.29, 1.82) is 0 Å². The summed E-state index contributed by atoms with van der Waals surface area (Å²) in [7, 11) is 2.02. The van der Waals surface area contributed by atoms with Crippen LogP contribution in [0.25, 0.3) is 0 Å². The zero-order valence-corrected chi connectivity index (χ0v) is 12.3. The molecule has 98 valence electrons. The topological polar surface area (TPSA) is 42.7 Å². The van der Waals surface area contributed by atoms with E-state index in [1.54, 1.807) is 11.8 Å². The minimum Gasteiger partial charge on any atom is -0.314 e. The Balaban J connectivity index is 2.39. The molecule has 0 spiro atoms. The van der Waals surface area contributed by atoms with E-state index in [1.807, 2.05) is 18.5 Å². The van der Waals surface area contributed by atoms with Gasteiger partial charge in [0, 0.05) is 18.3 Å². The standard InChI is InChI=1S/C12H24N4S/c1-6-7-13-9(2)8-10(3)17-12-15-14-11(4)16(12)5/h9-10,13H,6-8H2,1-5H3. The highest BCUT2D eigenvalue weighted by Crippen LogP contribution is 2.24. The minimum atomic E-state index is 0.552. The Bertz CT molecular complexity index is 337. The lowest BCUT2D eigenvalue weighted by molar-refractivity contribution is 0.512. The molecule has 0 fully saturated rings. The third-order valence-electron chi connectivity index (χ3n) is 2.79. The van der Waals surface area contributed by atoms with E-state index >= 15 is 0 Å². The fourth-order valence-electron chi connectivity index (χ4n) is 1.69. The molecule has 5 heteroatoms. The minimum absolute atomic E-state index is 0.552. The van der Waals surface area contributed by atoms with Crippen molar-refractivity contribution in [1.82, 2.24) is 20.1 Å². The maximum atomic E-state index is 4.18. The summed E-state index contributed by atoms with van der Waals surface area (Å²) in [4.78, 5) is 0. The molecular weight excluding hydrogens is 232 g/mol. The van der Waals surface area contributed by atoms with Crippen LogP contribution >= 0.6 is 11.8 Å². The van der Waals surface area contributed by atoms with Gasteiger partial charge < -0.3 is 9.88 Å². The van der Waals surface area contributed by atoms with E-state index in [-0.39, 0.29) is 0 Å². The Kier molecular flexibility index (Phi) is 5.98. The van der Waals surface area contributed by atoms with E-state index in [0.717, 1.165) is 23.9 Å². The molecule has 4 nitrogen and oxygen atoms in total. The first-order valence-electron chi connectivity index (χ1n) is 6.30. The summed E-state index contributed by atoms with van der Waals surface area (Å²) in [5.74, 6) is 0.969. The first kappa shape index (κ1) is 14.5. The Morgan fingerprint density at radius 3 is 2.59 bits per heavy atom. The molecule has 0 bridgehead atoms. The van der Waals surface area contributed by atoms with Crippen LogP contribution in [0.5, 0.6) is 0 Å². The van der Waals surface area contributed by atoms with Gasteiger partial charge in [-0.2, -0.15) is 0 Å². The second-order valence-corrected chi connectivity index (χ2v) is 6.01. The number of nitrogens with zero attached hydrogens (tertiary/aromatic N) is 3. The van der Waals surface area contributed by atoms with Gasteiger partial charge in [-0.05, 0) is 33.2 Å². The van der Waals surface area contributed by atoms with Crippen molar-refractivity contribution in [2.24, 2.45) is 7.05 Å². The molecule has 0 aromatic carbocycles. The van der Waals surface area contributed by atoms with Gasteiger partial charge >= 0.3 is 0 Å². The summed E-state index contributed by atoms with van der Waals surface area (Å²) in [6.07, 6.45) is 2.34. The predicted octanol–water partition coefficient (Wildman–Crippen LogP) is 2.38. The molecule has 1 N–H and O–H groups in total. The molecule has 2 atom stereocenters. The van der Waals surface area contributed by atoms with E-state index < -0.39 is 0 Å². The number of hydrogen-bond acceptors (Lipinski definition) is 4. The summed E-state index contributed by atoms with van der Waals surface area (Å²) in [6.45, 7) is 9.77. The van der Waals surface area contributed by atoms with Crippen LogP contribution in [0.3, 0.4) is 0 Å². The first-order valence-corrected chi connectivity index (χ1v) is 7.18. The van der Waals surface area contributed by atoms with Gasteiger partial charge in [0.25, 0.3) is 0 Å². The van der Waals surface area contributed by atoms with Gasteiger partial charge in [-0.15, -0.1) is 10.2 Å². The SMILES string of the molecule is CCCNC(C)CC(C)Sc1nnc(C)n1C. The molecule has 1 rings (SSSR count). The van der Waals surface area contributed by atoms with Gasteiger partial charge in [-0.3, -0.25) is 0 Å². The van der Waals surface area contributed by atoms with E-state index in [0.29, 0.717) is 11.3 Å². The molecular formula is C12H24N4S. The first-order chi connectivity index (χ1) is 8.04. The van der Waals surface area contributed by atoms with E-state index in [4.69, 9.17) is 0 Å². The van der Waals surface area contributed by atoms with Gasteiger partial charge in [0.2, 0.25) is 0 Å². The number of hydrogen-bond donors (Lipinski definition) is 1. The van der Waals surface area contributed by atoms with Crippen molar-refractivity contribution >= 4 is 11.8 Å². The highest BCUT2D eigenvalue weighted by molar-refractivity contribution is 7.99. The Labute approximate surface area is 109 Å². The second-order valence-electron chi connectivity index (χ2n) is 4.61. The molecule has 0 aliphatic carbocycles. The number of aromatic nitrogens is 3. The monoisotopic (exact) mass is 256 g/mol. The molecule has 0 amide bonds. The lowest BCUT2D eigenvalue weighted by Gasteiger charge is -2.17. The molecule has 0 saturated heterocycles. The quantitative estimate of drug-likeness (QED) is 0.761. The Morgan fingerprint density at radius 1 is 1.35 bits per heavy atom. The number of nitrogens with one attached hydrogen (secondary N) is 1. The summed E-state index contributed by atoms with van der Waals surface area (Å²) in [5, 5.41) is 13.3. The van der Waals surface area contributed by atoms with Gasteiger partial charge in [0.05, 0.1) is 0 Å². The van der Waals surface area contributed by atoms with E-state index in [1.165, 1.54) is 6.42 Å². The molecule has 1 aromatic rings. The summed E-state index contributed by atoms with van der Waals surface area (Å²) < 4.78 is 2.05. The third kappa shape index (κ3) is 4.68. The lowest BCUT2D eigenvalue weighted by atomic mass is 10.2. The summed E-state index contributed by atoms with van der Waals surface area (Å²) >= 11 is 1.80. The third-order valence-corrected chi connectivity index (χ3v) is 3.95. The van der Waals surface area contributed by atoms with Crippen LogP contribution in [-0.4, -0.2) is 32.6 Å². The van der Waals surface area contributed by atoms with Crippen LogP contribution in [0.2, 0.25) is 0 Å². The Hall–Kier alpha value is -0.550. The van der Waals surface area contributed by atoms with Gasteiger partial charge in [-0.25, -0.2) is 0 Å². The van der Waals surface area contributed by atoms with Gasteiger partial charge in [0.1, 0.15) is 5.82 Å². The maximum absolute atomic E-state index is 4.18. The predicted molar refractivity (Wildman–Crippen MR) is 73.4 cm³/mol. The highest BCUT2D eigenvalue weighted by Gasteiger charge is 2.13. The van der Waals surface area contributed by atoms with Crippen molar-refractivity contribution in [2.75, 3.05) is 6.54 Å². The fourth-order valence-corrected chi connectivity index (χ4v) is 2.81. The zero-order valence-electron chi connectivity index (χ0n) is 11.5. The van der Waals surface area contributed by atoms with Crippen molar-refractivity contribution < 1.29 is 0 Å². The average molecular weight is 256 g/mol. The highest BCUT2D eigenvalue weighted by atomic mass is 32.2. The maximum Gasteiger partial charge on any atom is 0.191 e. The van der Waals surface area contributed by atoms with Crippen molar-refractivity contribution in [2.45, 2.75) is 57.0 Å². The number of aryl methyl sites for hydroxylation is 1. The second kappa shape index (κ2) is 7.01. The van der Waals surface area contributed by atoms with Crippen molar-refractivity contribution in [3.8, 4) is 0 Å². The van der Waals surface area contributed by atoms with Crippen LogP contribution in [0.4, 0.5) is 0 Å². The molecule has 0 aliphatic rings. The molecule has 0 aliphatic heterocycles.